The average molecular weight is 399 g/mol. The molecule has 0 bridgehead atoms. The van der Waals surface area contributed by atoms with E-state index in [0.29, 0.717) is 10.9 Å². The number of benzene rings is 2. The van der Waals surface area contributed by atoms with Crippen molar-refractivity contribution >= 4 is 40.1 Å². The van der Waals surface area contributed by atoms with Crippen LogP contribution >= 0.6 is 11.8 Å². The van der Waals surface area contributed by atoms with Crippen LogP contribution in [0.3, 0.4) is 0 Å². The first-order valence-electron chi connectivity index (χ1n) is 9.22. The predicted molar refractivity (Wildman–Crippen MR) is 111 cm³/mol. The maximum absolute atomic E-state index is 13.0. The van der Waals surface area contributed by atoms with Crippen LogP contribution in [0.1, 0.15) is 31.4 Å². The number of carbonyl (C=O) groups is 2. The van der Waals surface area contributed by atoms with Crippen molar-refractivity contribution in [3.8, 4) is 0 Å². The predicted octanol–water partition coefficient (Wildman–Crippen LogP) is 4.20. The molecule has 0 saturated carbocycles. The third kappa shape index (κ3) is 4.78. The van der Waals surface area contributed by atoms with E-state index in [2.05, 4.69) is 29.5 Å². The van der Waals surface area contributed by atoms with Gasteiger partial charge >= 0.3 is 0 Å². The van der Waals surface area contributed by atoms with Gasteiger partial charge in [0, 0.05) is 12.1 Å². The lowest BCUT2D eigenvalue weighted by molar-refractivity contribution is -0.122. The molecule has 5 nitrogen and oxygen atoms in total. The molecular formula is C21H22FN3O2S. The van der Waals surface area contributed by atoms with E-state index in [1.807, 2.05) is 18.2 Å². The lowest BCUT2D eigenvalue weighted by Crippen LogP contribution is -2.28. The molecule has 0 aromatic heterocycles. The van der Waals surface area contributed by atoms with Crippen LogP contribution < -0.4 is 10.6 Å². The number of amides is 2. The molecular weight excluding hydrogens is 377 g/mol. The molecule has 0 spiro atoms. The first kappa shape index (κ1) is 20.1. The van der Waals surface area contributed by atoms with Gasteiger partial charge in [0.05, 0.1) is 5.69 Å². The van der Waals surface area contributed by atoms with Gasteiger partial charge in [0.1, 0.15) is 11.1 Å². The molecule has 1 heterocycles. The highest BCUT2D eigenvalue weighted by Crippen LogP contribution is 2.30. The van der Waals surface area contributed by atoms with Crippen LogP contribution in [0.25, 0.3) is 0 Å². The molecule has 2 aromatic rings. The molecule has 2 amide bonds. The summed E-state index contributed by atoms with van der Waals surface area (Å²) in [6, 6.07) is 11.6. The molecule has 146 valence electrons. The van der Waals surface area contributed by atoms with Gasteiger partial charge in [-0.05, 0) is 48.2 Å². The van der Waals surface area contributed by atoms with Crippen molar-refractivity contribution in [3.63, 3.8) is 0 Å². The van der Waals surface area contributed by atoms with E-state index in [4.69, 9.17) is 0 Å². The van der Waals surface area contributed by atoms with Gasteiger partial charge in [-0.3, -0.25) is 9.59 Å². The number of rotatable bonds is 6. The second-order valence-corrected chi connectivity index (χ2v) is 7.60. The molecule has 1 saturated heterocycles. The zero-order valence-corrected chi connectivity index (χ0v) is 16.6. The van der Waals surface area contributed by atoms with Gasteiger partial charge in [0.2, 0.25) is 11.8 Å². The number of aliphatic imine (C=N–C) groups is 1. The van der Waals surface area contributed by atoms with Crippen molar-refractivity contribution < 1.29 is 14.0 Å². The number of amidine groups is 1. The summed E-state index contributed by atoms with van der Waals surface area (Å²) >= 11 is 1.26. The Hall–Kier alpha value is -2.67. The number of thioether (sulfide) groups is 1. The maximum Gasteiger partial charge on any atom is 0.240 e. The van der Waals surface area contributed by atoms with E-state index >= 15 is 0 Å². The Morgan fingerprint density at radius 1 is 1.14 bits per heavy atom. The number of carbonyl (C=O) groups excluding carboxylic acids is 2. The van der Waals surface area contributed by atoms with Gasteiger partial charge in [-0.15, -0.1) is 0 Å². The number of hydrogen-bond acceptors (Lipinski definition) is 4. The van der Waals surface area contributed by atoms with Crippen LogP contribution in [0.15, 0.2) is 47.5 Å². The molecule has 1 aliphatic heterocycles. The number of para-hydroxylation sites is 1. The summed E-state index contributed by atoms with van der Waals surface area (Å²) in [6.07, 6.45) is 1.72. The number of nitrogens with zero attached hydrogens (tertiary/aromatic N) is 1. The highest BCUT2D eigenvalue weighted by Gasteiger charge is 2.32. The van der Waals surface area contributed by atoms with E-state index < -0.39 is 5.25 Å². The summed E-state index contributed by atoms with van der Waals surface area (Å²) in [6.45, 7) is 4.14. The summed E-state index contributed by atoms with van der Waals surface area (Å²) in [5.74, 6) is -0.905. The smallest absolute Gasteiger partial charge is 0.240 e. The summed E-state index contributed by atoms with van der Waals surface area (Å²) < 4.78 is 13.0. The van der Waals surface area contributed by atoms with Gasteiger partial charge < -0.3 is 10.6 Å². The molecule has 2 N–H and O–H groups in total. The Morgan fingerprint density at radius 2 is 1.79 bits per heavy atom. The zero-order chi connectivity index (χ0) is 20.1. The van der Waals surface area contributed by atoms with Gasteiger partial charge in [0.15, 0.2) is 5.17 Å². The second-order valence-electron chi connectivity index (χ2n) is 6.40. The molecule has 2 aromatic carbocycles. The van der Waals surface area contributed by atoms with Gasteiger partial charge in [-0.1, -0.05) is 43.8 Å². The van der Waals surface area contributed by atoms with Crippen LogP contribution in [0.2, 0.25) is 0 Å². The van der Waals surface area contributed by atoms with Crippen molar-refractivity contribution in [1.82, 2.24) is 5.32 Å². The normalized spacial score (nSPS) is 17.6. The maximum atomic E-state index is 13.0. The Kier molecular flexibility index (Phi) is 6.46. The Morgan fingerprint density at radius 3 is 2.39 bits per heavy atom. The van der Waals surface area contributed by atoms with Crippen molar-refractivity contribution in [2.45, 2.75) is 38.4 Å². The van der Waals surface area contributed by atoms with Gasteiger partial charge in [0.25, 0.3) is 0 Å². The highest BCUT2D eigenvalue weighted by molar-refractivity contribution is 8.15. The highest BCUT2D eigenvalue weighted by atomic mass is 32.2. The molecule has 28 heavy (non-hydrogen) atoms. The fourth-order valence-corrected chi connectivity index (χ4v) is 3.94. The Bertz CT molecular complexity index is 890. The van der Waals surface area contributed by atoms with Crippen molar-refractivity contribution in [2.75, 3.05) is 5.32 Å². The van der Waals surface area contributed by atoms with Gasteiger partial charge in [-0.2, -0.15) is 0 Å². The number of hydrogen-bond donors (Lipinski definition) is 2. The summed E-state index contributed by atoms with van der Waals surface area (Å²) in [5, 5.41) is 5.43. The summed E-state index contributed by atoms with van der Waals surface area (Å²) in [7, 11) is 0. The number of anilines is 1. The van der Waals surface area contributed by atoms with Crippen molar-refractivity contribution in [3.05, 3.63) is 59.4 Å². The standard InChI is InChI=1S/C21H22FN3O2S/c1-3-13-6-5-7-14(4-2)19(13)24-21-25-20(27)17(28-21)12-18(26)23-16-10-8-15(22)9-11-16/h5-11,17H,3-4,12H2,1-2H3,(H,23,26)(H,24,25,27)/t17-/m0/s1. The minimum atomic E-state index is -0.543. The largest absolute Gasteiger partial charge is 0.326 e. The van der Waals surface area contributed by atoms with Crippen LogP contribution in [0, 0.1) is 5.82 Å². The molecule has 1 fully saturated rings. The Balaban J connectivity index is 1.69. The van der Waals surface area contributed by atoms with E-state index in [0.717, 1.165) is 29.7 Å². The molecule has 3 rings (SSSR count). The monoisotopic (exact) mass is 399 g/mol. The van der Waals surface area contributed by atoms with Crippen LogP contribution in [0.5, 0.6) is 0 Å². The molecule has 0 unspecified atom stereocenters. The van der Waals surface area contributed by atoms with E-state index in [9.17, 15) is 14.0 Å². The topological polar surface area (TPSA) is 70.6 Å². The average Bonchev–Trinajstić information content (AvgIpc) is 3.02. The molecule has 0 radical (unpaired) electrons. The van der Waals surface area contributed by atoms with Crippen LogP contribution in [-0.4, -0.2) is 22.2 Å². The fourth-order valence-electron chi connectivity index (χ4n) is 2.97. The Labute approximate surface area is 167 Å². The number of aryl methyl sites for hydroxylation is 2. The number of halogens is 1. The number of nitrogens with one attached hydrogen (secondary N) is 2. The summed E-state index contributed by atoms with van der Waals surface area (Å²) in [5.41, 5.74) is 3.64. The first-order chi connectivity index (χ1) is 13.5. The van der Waals surface area contributed by atoms with Crippen molar-refractivity contribution in [2.24, 2.45) is 4.99 Å². The lowest BCUT2D eigenvalue weighted by atomic mass is 10.0. The SMILES string of the molecule is CCc1cccc(CC)c1N=C1NC(=O)[C@H](CC(=O)Nc2ccc(F)cc2)S1. The summed E-state index contributed by atoms with van der Waals surface area (Å²) in [4.78, 5) is 29.2. The third-order valence-electron chi connectivity index (χ3n) is 4.45. The van der Waals surface area contributed by atoms with E-state index in [-0.39, 0.29) is 24.1 Å². The third-order valence-corrected chi connectivity index (χ3v) is 5.54. The van der Waals surface area contributed by atoms with Crippen molar-refractivity contribution in [1.29, 1.82) is 0 Å². The zero-order valence-electron chi connectivity index (χ0n) is 15.8. The second kappa shape index (κ2) is 9.01. The molecule has 7 heteroatoms. The first-order valence-corrected chi connectivity index (χ1v) is 10.1. The molecule has 1 aliphatic rings. The minimum absolute atomic E-state index is 0.0168. The lowest BCUT2D eigenvalue weighted by Gasteiger charge is -2.09. The van der Waals surface area contributed by atoms with E-state index in [1.165, 1.54) is 36.0 Å². The molecule has 0 aliphatic carbocycles. The molecule has 1 atom stereocenters. The van der Waals surface area contributed by atoms with Crippen LogP contribution in [-0.2, 0) is 22.4 Å². The van der Waals surface area contributed by atoms with Gasteiger partial charge in [-0.25, -0.2) is 9.38 Å². The quantitative estimate of drug-likeness (QED) is 0.765. The minimum Gasteiger partial charge on any atom is -0.326 e. The van der Waals surface area contributed by atoms with Crippen LogP contribution in [0.4, 0.5) is 15.8 Å². The fraction of sp³-hybridized carbons (Fsp3) is 0.286. The van der Waals surface area contributed by atoms with E-state index in [1.54, 1.807) is 0 Å².